The van der Waals surface area contributed by atoms with E-state index in [0.717, 1.165) is 0 Å². The molecule has 25 heavy (non-hydrogen) atoms. The summed E-state index contributed by atoms with van der Waals surface area (Å²) in [7, 11) is 0. The van der Waals surface area contributed by atoms with Gasteiger partial charge in [0.2, 0.25) is 12.7 Å². The Morgan fingerprint density at radius 3 is 2.56 bits per heavy atom. The van der Waals surface area contributed by atoms with Crippen LogP contribution in [-0.2, 0) is 25.5 Å². The van der Waals surface area contributed by atoms with E-state index in [-0.39, 0.29) is 31.4 Å². The van der Waals surface area contributed by atoms with Crippen LogP contribution in [0, 0.1) is 5.92 Å². The van der Waals surface area contributed by atoms with E-state index in [4.69, 9.17) is 20.1 Å². The van der Waals surface area contributed by atoms with Gasteiger partial charge in [0.15, 0.2) is 0 Å². The fourth-order valence-corrected chi connectivity index (χ4v) is 1.69. The van der Waals surface area contributed by atoms with Gasteiger partial charge in [-0.1, -0.05) is 32.0 Å². The summed E-state index contributed by atoms with van der Waals surface area (Å²) in [5.41, 5.74) is 2.73. The van der Waals surface area contributed by atoms with Gasteiger partial charge in [-0.3, -0.25) is 15.0 Å². The minimum absolute atomic E-state index is 0.0867. The van der Waals surface area contributed by atoms with Gasteiger partial charge < -0.3 is 19.5 Å². The average molecular weight is 353 g/mol. The van der Waals surface area contributed by atoms with Crippen molar-refractivity contribution in [2.24, 2.45) is 11.8 Å². The van der Waals surface area contributed by atoms with Gasteiger partial charge >= 0.3 is 12.1 Å². The van der Waals surface area contributed by atoms with Gasteiger partial charge in [-0.15, -0.1) is 0 Å². The van der Waals surface area contributed by atoms with Crippen LogP contribution in [0.15, 0.2) is 24.3 Å². The molecule has 0 aromatic heterocycles. The Labute approximate surface area is 145 Å². The van der Waals surface area contributed by atoms with Crippen molar-refractivity contribution < 1.29 is 28.6 Å². The lowest BCUT2D eigenvalue weighted by molar-refractivity contribution is -0.155. The van der Waals surface area contributed by atoms with E-state index < -0.39 is 18.9 Å². The van der Waals surface area contributed by atoms with Crippen LogP contribution in [0.25, 0.3) is 0 Å². The van der Waals surface area contributed by atoms with Crippen LogP contribution >= 0.6 is 0 Å². The van der Waals surface area contributed by atoms with Crippen molar-refractivity contribution in [1.29, 1.82) is 0 Å². The van der Waals surface area contributed by atoms with Gasteiger partial charge in [0.25, 0.3) is 0 Å². The van der Waals surface area contributed by atoms with E-state index in [1.54, 1.807) is 38.1 Å². The molecule has 0 atom stereocenters. The molecule has 0 spiro atoms. The molecule has 0 saturated heterocycles. The molecule has 9 nitrogen and oxygen atoms in total. The lowest BCUT2D eigenvalue weighted by atomic mass is 10.1. The average Bonchev–Trinajstić information content (AvgIpc) is 2.59. The summed E-state index contributed by atoms with van der Waals surface area (Å²) < 4.78 is 14.9. The number of carbonyl (C=O) groups excluding carboxylic acids is 3. The molecule has 0 heterocycles. The fourth-order valence-electron chi connectivity index (χ4n) is 1.69. The van der Waals surface area contributed by atoms with E-state index >= 15 is 0 Å². The number of hydrazine groups is 1. The lowest BCUT2D eigenvalue weighted by Crippen LogP contribution is -2.32. The van der Waals surface area contributed by atoms with Crippen LogP contribution in [0.2, 0.25) is 0 Å². The number of alkyl carbamates (subject to hydrolysis) is 1. The van der Waals surface area contributed by atoms with Crippen molar-refractivity contribution in [3.05, 3.63) is 29.8 Å². The third-order valence-corrected chi connectivity index (χ3v) is 2.98. The Morgan fingerprint density at radius 2 is 1.88 bits per heavy atom. The molecular weight excluding hydrogens is 330 g/mol. The fraction of sp³-hybridized carbons (Fsp3) is 0.438. The molecule has 9 heteroatoms. The Bertz CT molecular complexity index is 591. The van der Waals surface area contributed by atoms with Crippen LogP contribution in [0.3, 0.4) is 0 Å². The number of ether oxygens (including phenoxy) is 3. The summed E-state index contributed by atoms with van der Waals surface area (Å²) >= 11 is 0. The maximum absolute atomic E-state index is 11.4. The summed E-state index contributed by atoms with van der Waals surface area (Å²) in [6, 6.07) is 7.00. The topological polar surface area (TPSA) is 129 Å². The van der Waals surface area contributed by atoms with E-state index in [9.17, 15) is 14.4 Å². The predicted octanol–water partition coefficient (Wildman–Crippen LogP) is 0.481. The Morgan fingerprint density at radius 1 is 1.16 bits per heavy atom. The summed E-state index contributed by atoms with van der Waals surface area (Å²) in [6.45, 7) is 3.25. The van der Waals surface area contributed by atoms with E-state index in [0.29, 0.717) is 11.3 Å². The molecular formula is C16H23N3O6. The Hall–Kier alpha value is -2.81. The van der Waals surface area contributed by atoms with Gasteiger partial charge in [0.05, 0.1) is 18.9 Å². The summed E-state index contributed by atoms with van der Waals surface area (Å²) in [5, 5.41) is 2.45. The third kappa shape index (κ3) is 8.02. The van der Waals surface area contributed by atoms with E-state index in [1.807, 2.05) is 0 Å². The minimum atomic E-state index is -0.726. The standard InChI is InChI=1S/C16H23N3O6/c1-11(2)15(21)24-10-25-16(22)18-7-8-23-13-6-4-3-5-12(13)9-14(20)19-17/h3-6,11H,7-10,17H2,1-2H3,(H,18,22)(H,19,20). The van der Waals surface area contributed by atoms with Crippen molar-refractivity contribution in [2.75, 3.05) is 19.9 Å². The third-order valence-electron chi connectivity index (χ3n) is 2.98. The number of nitrogens with two attached hydrogens (primary N) is 1. The highest BCUT2D eigenvalue weighted by Crippen LogP contribution is 2.18. The highest BCUT2D eigenvalue weighted by atomic mass is 16.7. The van der Waals surface area contributed by atoms with Crippen LogP contribution < -0.4 is 21.3 Å². The maximum atomic E-state index is 11.4. The zero-order valence-corrected chi connectivity index (χ0v) is 14.2. The SMILES string of the molecule is CC(C)C(=O)OCOC(=O)NCCOc1ccccc1CC(=O)NN. The van der Waals surface area contributed by atoms with Gasteiger partial charge in [0.1, 0.15) is 12.4 Å². The van der Waals surface area contributed by atoms with Crippen molar-refractivity contribution in [3.8, 4) is 5.75 Å². The van der Waals surface area contributed by atoms with Crippen LogP contribution in [0.1, 0.15) is 19.4 Å². The van der Waals surface area contributed by atoms with Crippen LogP contribution in [0.5, 0.6) is 5.75 Å². The Kier molecular flexibility index (Phi) is 8.80. The van der Waals surface area contributed by atoms with Crippen LogP contribution in [-0.4, -0.2) is 37.9 Å². The summed E-state index contributed by atoms with van der Waals surface area (Å²) in [6.07, 6.45) is -0.639. The van der Waals surface area contributed by atoms with Crippen molar-refractivity contribution in [2.45, 2.75) is 20.3 Å². The molecule has 2 amide bonds. The first-order chi connectivity index (χ1) is 11.9. The zero-order chi connectivity index (χ0) is 18.7. The second-order valence-electron chi connectivity index (χ2n) is 5.29. The van der Waals surface area contributed by atoms with Gasteiger partial charge in [0, 0.05) is 5.56 Å². The lowest BCUT2D eigenvalue weighted by Gasteiger charge is -2.12. The summed E-state index contributed by atoms with van der Waals surface area (Å²) in [4.78, 5) is 33.9. The zero-order valence-electron chi connectivity index (χ0n) is 14.2. The number of para-hydroxylation sites is 1. The molecule has 4 N–H and O–H groups in total. The first-order valence-electron chi connectivity index (χ1n) is 7.71. The van der Waals surface area contributed by atoms with E-state index in [1.165, 1.54) is 0 Å². The molecule has 0 aliphatic carbocycles. The highest BCUT2D eigenvalue weighted by molar-refractivity contribution is 5.78. The normalized spacial score (nSPS) is 10.1. The number of hydrogen-bond donors (Lipinski definition) is 3. The second kappa shape index (κ2) is 10.9. The molecule has 138 valence electrons. The highest BCUT2D eigenvalue weighted by Gasteiger charge is 2.10. The Balaban J connectivity index is 2.28. The molecule has 1 aromatic rings. The number of rotatable bonds is 9. The van der Waals surface area contributed by atoms with E-state index in [2.05, 4.69) is 10.7 Å². The molecule has 1 aromatic carbocycles. The van der Waals surface area contributed by atoms with Crippen molar-refractivity contribution >= 4 is 18.0 Å². The number of esters is 1. The second-order valence-corrected chi connectivity index (χ2v) is 5.29. The minimum Gasteiger partial charge on any atom is -0.491 e. The quantitative estimate of drug-likeness (QED) is 0.147. The molecule has 0 radical (unpaired) electrons. The smallest absolute Gasteiger partial charge is 0.410 e. The first-order valence-corrected chi connectivity index (χ1v) is 7.71. The number of amides is 2. The molecule has 0 unspecified atom stereocenters. The molecule has 0 aliphatic rings. The molecule has 0 saturated carbocycles. The summed E-state index contributed by atoms with van der Waals surface area (Å²) in [5.74, 6) is 4.51. The monoisotopic (exact) mass is 353 g/mol. The number of carbonyl (C=O) groups is 3. The molecule has 0 fully saturated rings. The van der Waals surface area contributed by atoms with Crippen molar-refractivity contribution in [3.63, 3.8) is 0 Å². The number of nitrogens with one attached hydrogen (secondary N) is 2. The maximum Gasteiger partial charge on any atom is 0.410 e. The largest absolute Gasteiger partial charge is 0.491 e. The van der Waals surface area contributed by atoms with Gasteiger partial charge in [-0.05, 0) is 6.07 Å². The predicted molar refractivity (Wildman–Crippen MR) is 88.3 cm³/mol. The first kappa shape index (κ1) is 20.2. The van der Waals surface area contributed by atoms with Crippen molar-refractivity contribution in [1.82, 2.24) is 10.7 Å². The number of benzene rings is 1. The van der Waals surface area contributed by atoms with Gasteiger partial charge in [-0.2, -0.15) is 0 Å². The van der Waals surface area contributed by atoms with Crippen LogP contribution in [0.4, 0.5) is 4.79 Å². The number of hydrogen-bond acceptors (Lipinski definition) is 7. The molecule has 0 bridgehead atoms. The van der Waals surface area contributed by atoms with Gasteiger partial charge in [-0.25, -0.2) is 10.6 Å². The molecule has 0 aliphatic heterocycles. The molecule has 1 rings (SSSR count).